The van der Waals surface area contributed by atoms with E-state index < -0.39 is 0 Å². The maximum atomic E-state index is 5.65. The van der Waals surface area contributed by atoms with E-state index >= 15 is 0 Å². The molecule has 0 radical (unpaired) electrons. The summed E-state index contributed by atoms with van der Waals surface area (Å²) in [7, 11) is 0. The van der Waals surface area contributed by atoms with Crippen LogP contribution in [0.1, 0.15) is 12.2 Å². The normalized spacial score (nSPS) is 10.4. The minimum atomic E-state index is 0.614. The van der Waals surface area contributed by atoms with E-state index in [0.29, 0.717) is 12.3 Å². The van der Waals surface area contributed by atoms with E-state index in [1.165, 1.54) is 0 Å². The predicted molar refractivity (Wildman–Crippen MR) is 63.5 cm³/mol. The van der Waals surface area contributed by atoms with Gasteiger partial charge in [-0.25, -0.2) is 4.68 Å². The molecule has 17 heavy (non-hydrogen) atoms. The fourth-order valence-corrected chi connectivity index (χ4v) is 1.46. The van der Waals surface area contributed by atoms with Crippen molar-refractivity contribution in [1.82, 2.24) is 20.2 Å². The van der Waals surface area contributed by atoms with Crippen LogP contribution >= 0.6 is 0 Å². The van der Waals surface area contributed by atoms with E-state index in [4.69, 9.17) is 10.5 Å². The number of nitrogens with two attached hydrogens (primary N) is 1. The Morgan fingerprint density at radius 2 is 2.29 bits per heavy atom. The predicted octanol–water partition coefficient (Wildman–Crippen LogP) is 1.03. The van der Waals surface area contributed by atoms with Crippen LogP contribution < -0.4 is 10.5 Å². The molecule has 2 rings (SSSR count). The van der Waals surface area contributed by atoms with E-state index in [1.54, 1.807) is 4.68 Å². The number of hydrogen-bond donors (Lipinski definition) is 1. The highest BCUT2D eigenvalue weighted by molar-refractivity contribution is 5.43. The van der Waals surface area contributed by atoms with Crippen molar-refractivity contribution in [3.05, 3.63) is 30.1 Å². The monoisotopic (exact) mass is 233 g/mol. The number of tetrazole rings is 1. The Morgan fingerprint density at radius 1 is 1.41 bits per heavy atom. The number of anilines is 1. The Labute approximate surface area is 99.4 Å². The summed E-state index contributed by atoms with van der Waals surface area (Å²) >= 11 is 0. The molecule has 2 aromatic rings. The molecular weight excluding hydrogens is 218 g/mol. The molecule has 0 bridgehead atoms. The maximum Gasteiger partial charge on any atom is 0.148 e. The summed E-state index contributed by atoms with van der Waals surface area (Å²) in [6.45, 7) is 3.24. The lowest BCUT2D eigenvalue weighted by Gasteiger charge is -2.06. The highest BCUT2D eigenvalue weighted by Gasteiger charge is 1.99. The summed E-state index contributed by atoms with van der Waals surface area (Å²) in [6.07, 6.45) is 0.848. The number of nitrogen functional groups attached to an aromatic ring is 1. The van der Waals surface area contributed by atoms with Crippen molar-refractivity contribution in [3.63, 3.8) is 0 Å². The average molecular weight is 233 g/mol. The van der Waals surface area contributed by atoms with Crippen LogP contribution in [0.15, 0.2) is 24.3 Å². The van der Waals surface area contributed by atoms with Crippen molar-refractivity contribution in [2.75, 3.05) is 12.3 Å². The number of ether oxygens (including phenoxy) is 1. The lowest BCUT2D eigenvalue weighted by molar-refractivity contribution is 0.297. The molecule has 1 heterocycles. The first-order valence-electron chi connectivity index (χ1n) is 5.47. The first kappa shape index (κ1) is 11.4. The second kappa shape index (κ2) is 5.29. The molecular formula is C11H15N5O. The third kappa shape index (κ3) is 3.17. The van der Waals surface area contributed by atoms with E-state index in [2.05, 4.69) is 15.5 Å². The Bertz CT molecular complexity index is 482. The van der Waals surface area contributed by atoms with Crippen LogP contribution in [-0.2, 0) is 6.54 Å². The molecule has 0 aliphatic heterocycles. The number of rotatable bonds is 5. The fraction of sp³-hybridized carbons (Fsp3) is 0.364. The van der Waals surface area contributed by atoms with Gasteiger partial charge in [-0.2, -0.15) is 0 Å². The van der Waals surface area contributed by atoms with Crippen molar-refractivity contribution in [2.45, 2.75) is 19.9 Å². The van der Waals surface area contributed by atoms with Gasteiger partial charge < -0.3 is 10.5 Å². The van der Waals surface area contributed by atoms with E-state index in [1.807, 2.05) is 31.2 Å². The first-order chi connectivity index (χ1) is 8.25. The molecule has 1 aromatic carbocycles. The maximum absolute atomic E-state index is 5.65. The average Bonchev–Trinajstić information content (AvgIpc) is 2.71. The van der Waals surface area contributed by atoms with Gasteiger partial charge in [-0.3, -0.25) is 0 Å². The molecule has 0 unspecified atom stereocenters. The van der Waals surface area contributed by atoms with Crippen molar-refractivity contribution in [1.29, 1.82) is 0 Å². The molecule has 6 nitrogen and oxygen atoms in total. The smallest absolute Gasteiger partial charge is 0.148 e. The molecule has 1 aromatic heterocycles. The van der Waals surface area contributed by atoms with Crippen LogP contribution in [0, 0.1) is 6.92 Å². The lowest BCUT2D eigenvalue weighted by Crippen LogP contribution is -2.07. The lowest BCUT2D eigenvalue weighted by atomic mass is 10.3. The molecule has 0 saturated heterocycles. The highest BCUT2D eigenvalue weighted by atomic mass is 16.5. The summed E-state index contributed by atoms with van der Waals surface area (Å²) < 4.78 is 7.32. The third-order valence-corrected chi connectivity index (χ3v) is 2.35. The number of benzene rings is 1. The number of aromatic nitrogens is 4. The van der Waals surface area contributed by atoms with Gasteiger partial charge in [0.05, 0.1) is 6.61 Å². The topological polar surface area (TPSA) is 78.8 Å². The zero-order chi connectivity index (χ0) is 12.1. The number of hydrogen-bond acceptors (Lipinski definition) is 5. The Balaban J connectivity index is 1.75. The molecule has 0 aliphatic rings. The van der Waals surface area contributed by atoms with Gasteiger partial charge in [0.1, 0.15) is 11.6 Å². The fourth-order valence-electron chi connectivity index (χ4n) is 1.46. The van der Waals surface area contributed by atoms with Gasteiger partial charge in [0.25, 0.3) is 0 Å². The van der Waals surface area contributed by atoms with E-state index in [-0.39, 0.29) is 0 Å². The van der Waals surface area contributed by atoms with Gasteiger partial charge in [-0.15, -0.1) is 5.10 Å². The Morgan fingerprint density at radius 3 is 3.00 bits per heavy atom. The summed E-state index contributed by atoms with van der Waals surface area (Å²) in [6, 6.07) is 7.40. The van der Waals surface area contributed by atoms with Gasteiger partial charge in [-0.05, 0) is 29.5 Å². The SMILES string of the molecule is Cc1nnnn1CCCOc1cccc(N)c1. The van der Waals surface area contributed by atoms with E-state index in [0.717, 1.165) is 24.5 Å². The quantitative estimate of drug-likeness (QED) is 0.616. The van der Waals surface area contributed by atoms with Crippen LogP contribution in [0.4, 0.5) is 5.69 Å². The molecule has 0 spiro atoms. The molecule has 2 N–H and O–H groups in total. The van der Waals surface area contributed by atoms with Crippen molar-refractivity contribution < 1.29 is 4.74 Å². The van der Waals surface area contributed by atoms with Crippen molar-refractivity contribution in [3.8, 4) is 5.75 Å². The second-order valence-corrected chi connectivity index (χ2v) is 3.72. The molecule has 0 atom stereocenters. The van der Waals surface area contributed by atoms with Crippen LogP contribution in [0.25, 0.3) is 0 Å². The van der Waals surface area contributed by atoms with Crippen LogP contribution in [0.5, 0.6) is 5.75 Å². The summed E-state index contributed by atoms with van der Waals surface area (Å²) in [4.78, 5) is 0. The van der Waals surface area contributed by atoms with Gasteiger partial charge in [-0.1, -0.05) is 6.07 Å². The summed E-state index contributed by atoms with van der Waals surface area (Å²) in [5, 5.41) is 11.2. The largest absolute Gasteiger partial charge is 0.493 e. The molecule has 0 amide bonds. The highest BCUT2D eigenvalue weighted by Crippen LogP contribution is 2.14. The molecule has 0 saturated carbocycles. The van der Waals surface area contributed by atoms with Gasteiger partial charge in [0.15, 0.2) is 0 Å². The van der Waals surface area contributed by atoms with Crippen LogP contribution in [0.2, 0.25) is 0 Å². The van der Waals surface area contributed by atoms with Crippen molar-refractivity contribution in [2.24, 2.45) is 0 Å². The minimum absolute atomic E-state index is 0.614. The van der Waals surface area contributed by atoms with Gasteiger partial charge in [0, 0.05) is 24.7 Å². The number of aryl methyl sites for hydroxylation is 2. The molecule has 90 valence electrons. The summed E-state index contributed by atoms with van der Waals surface area (Å²) in [5.41, 5.74) is 6.36. The molecule has 6 heteroatoms. The Kier molecular flexibility index (Phi) is 3.54. The summed E-state index contributed by atoms with van der Waals surface area (Å²) in [5.74, 6) is 1.60. The standard InChI is InChI=1S/C11H15N5O/c1-9-13-14-15-16(9)6-3-7-17-11-5-2-4-10(12)8-11/h2,4-5,8H,3,6-7,12H2,1H3. The van der Waals surface area contributed by atoms with E-state index in [9.17, 15) is 0 Å². The third-order valence-electron chi connectivity index (χ3n) is 2.35. The van der Waals surface area contributed by atoms with Crippen LogP contribution in [-0.4, -0.2) is 26.8 Å². The van der Waals surface area contributed by atoms with Crippen molar-refractivity contribution >= 4 is 5.69 Å². The Hall–Kier alpha value is -2.11. The molecule has 0 fully saturated rings. The van der Waals surface area contributed by atoms with Crippen LogP contribution in [0.3, 0.4) is 0 Å². The zero-order valence-corrected chi connectivity index (χ0v) is 9.71. The second-order valence-electron chi connectivity index (χ2n) is 3.72. The first-order valence-corrected chi connectivity index (χ1v) is 5.47. The number of nitrogens with zero attached hydrogens (tertiary/aromatic N) is 4. The van der Waals surface area contributed by atoms with Gasteiger partial charge in [0.2, 0.25) is 0 Å². The zero-order valence-electron chi connectivity index (χ0n) is 9.71. The minimum Gasteiger partial charge on any atom is -0.493 e. The molecule has 0 aliphatic carbocycles. The van der Waals surface area contributed by atoms with Gasteiger partial charge >= 0.3 is 0 Å².